The molecule has 9 nitrogen and oxygen atoms in total. The average molecular weight is 598 g/mol. The van der Waals surface area contributed by atoms with E-state index in [9.17, 15) is 15.0 Å². The SMILES string of the molecule is CN1CCN(c2ccc(/C=C3C=C(/C=C/C4C5Cn6ccnc6N=C5CC5[C@]4(C)CC[C@@H](O)[C@@]5(C)CO)C(=O)O\3)cc2)CC1. The van der Waals surface area contributed by atoms with Crippen LogP contribution in [0.25, 0.3) is 6.08 Å². The lowest BCUT2D eigenvalue weighted by Gasteiger charge is -2.61. The number of aliphatic hydroxyl groups excluding tert-OH is 2. The fraction of sp³-hybridized carbons (Fsp3) is 0.514. The molecule has 3 unspecified atom stereocenters. The monoisotopic (exact) mass is 597 g/mol. The third-order valence-corrected chi connectivity index (χ3v) is 11.3. The predicted molar refractivity (Wildman–Crippen MR) is 170 cm³/mol. The minimum Gasteiger partial charge on any atom is -0.423 e. The van der Waals surface area contributed by atoms with Crippen LogP contribution < -0.4 is 4.90 Å². The Morgan fingerprint density at radius 1 is 1.14 bits per heavy atom. The zero-order valence-corrected chi connectivity index (χ0v) is 25.9. The molecule has 5 aliphatic rings. The first kappa shape index (κ1) is 29.2. The van der Waals surface area contributed by atoms with E-state index in [-0.39, 0.29) is 35.7 Å². The van der Waals surface area contributed by atoms with Gasteiger partial charge in [0.05, 0.1) is 18.3 Å². The molecule has 0 radical (unpaired) electrons. The molecule has 2 N–H and O–H groups in total. The Balaban J connectivity index is 1.16. The van der Waals surface area contributed by atoms with Crippen molar-refractivity contribution in [1.82, 2.24) is 14.5 Å². The Bertz CT molecular complexity index is 1550. The second kappa shape index (κ2) is 11.1. The van der Waals surface area contributed by atoms with Crippen LogP contribution in [0.15, 0.2) is 71.2 Å². The van der Waals surface area contributed by atoms with E-state index in [4.69, 9.17) is 9.73 Å². The predicted octanol–water partition coefficient (Wildman–Crippen LogP) is 4.21. The molecule has 2 aromatic rings. The van der Waals surface area contributed by atoms with Gasteiger partial charge in [-0.15, -0.1) is 0 Å². The number of allylic oxidation sites excluding steroid dienone is 2. The highest BCUT2D eigenvalue weighted by Crippen LogP contribution is 2.61. The van der Waals surface area contributed by atoms with Crippen LogP contribution in [0.5, 0.6) is 0 Å². The fourth-order valence-electron chi connectivity index (χ4n) is 8.46. The summed E-state index contributed by atoms with van der Waals surface area (Å²) in [5.41, 5.74) is 2.96. The molecule has 9 heteroatoms. The van der Waals surface area contributed by atoms with Crippen LogP contribution in [0.3, 0.4) is 0 Å². The number of imidazole rings is 1. The van der Waals surface area contributed by atoms with Crippen molar-refractivity contribution in [2.24, 2.45) is 33.6 Å². The molecule has 1 aromatic carbocycles. The van der Waals surface area contributed by atoms with Crippen molar-refractivity contribution in [3.05, 3.63) is 71.8 Å². The lowest BCUT2D eigenvalue weighted by molar-refractivity contribution is -0.147. The molecule has 0 spiro atoms. The van der Waals surface area contributed by atoms with Crippen LogP contribution in [-0.2, 0) is 16.1 Å². The first-order valence-electron chi connectivity index (χ1n) is 15.9. The van der Waals surface area contributed by atoms with Crippen molar-refractivity contribution in [2.45, 2.75) is 45.8 Å². The molecular formula is C35H43N5O4. The Labute approximate surface area is 259 Å². The van der Waals surface area contributed by atoms with Crippen molar-refractivity contribution in [2.75, 3.05) is 44.7 Å². The molecule has 0 bridgehead atoms. The van der Waals surface area contributed by atoms with Crippen LogP contribution in [0, 0.1) is 28.6 Å². The van der Waals surface area contributed by atoms with Gasteiger partial charge in [-0.3, -0.25) is 0 Å². The summed E-state index contributed by atoms with van der Waals surface area (Å²) in [6.45, 7) is 9.15. The number of hydrogen-bond donors (Lipinski definition) is 2. The maximum Gasteiger partial charge on any atom is 0.343 e. The quantitative estimate of drug-likeness (QED) is 0.498. The van der Waals surface area contributed by atoms with Gasteiger partial charge in [0.15, 0.2) is 0 Å². The van der Waals surface area contributed by atoms with E-state index < -0.39 is 11.5 Å². The Hall–Kier alpha value is -3.53. The number of cyclic esters (lactones) is 1. The Morgan fingerprint density at radius 2 is 1.91 bits per heavy atom. The topological polar surface area (TPSA) is 103 Å². The number of anilines is 1. The fourth-order valence-corrected chi connectivity index (χ4v) is 8.46. The minimum absolute atomic E-state index is 0.0312. The van der Waals surface area contributed by atoms with Gasteiger partial charge in [-0.05, 0) is 73.4 Å². The van der Waals surface area contributed by atoms with E-state index in [0.29, 0.717) is 23.7 Å². The van der Waals surface area contributed by atoms with Gasteiger partial charge in [-0.2, -0.15) is 0 Å². The van der Waals surface area contributed by atoms with Gasteiger partial charge >= 0.3 is 5.97 Å². The highest BCUT2D eigenvalue weighted by molar-refractivity contribution is 5.96. The molecule has 1 aromatic heterocycles. The number of hydrogen-bond acceptors (Lipinski definition) is 8. The number of ether oxygens (including phenoxy) is 1. The van der Waals surface area contributed by atoms with Crippen LogP contribution >= 0.6 is 0 Å². The molecule has 3 fully saturated rings. The Morgan fingerprint density at radius 3 is 2.66 bits per heavy atom. The number of aromatic nitrogens is 2. The smallest absolute Gasteiger partial charge is 0.343 e. The molecule has 1 saturated heterocycles. The number of aliphatic hydroxyl groups is 2. The zero-order valence-electron chi connectivity index (χ0n) is 25.9. The number of carbonyl (C=O) groups excluding carboxylic acids is 1. The van der Waals surface area contributed by atoms with Gasteiger partial charge in [-0.1, -0.05) is 38.1 Å². The highest BCUT2D eigenvalue weighted by atomic mass is 16.5. The van der Waals surface area contributed by atoms with E-state index >= 15 is 0 Å². The molecular weight excluding hydrogens is 554 g/mol. The highest BCUT2D eigenvalue weighted by Gasteiger charge is 2.60. The molecule has 0 amide bonds. The number of rotatable bonds is 5. The lowest BCUT2D eigenvalue weighted by atomic mass is 9.45. The van der Waals surface area contributed by atoms with Gasteiger partial charge in [0.25, 0.3) is 0 Å². The summed E-state index contributed by atoms with van der Waals surface area (Å²) < 4.78 is 7.77. The summed E-state index contributed by atoms with van der Waals surface area (Å²) in [5, 5.41) is 21.6. The largest absolute Gasteiger partial charge is 0.423 e. The standard InChI is InChI=1S/C35H43N5O4/c1-34-11-10-31(42)35(2,22-41)30(34)20-29-27(21-40-13-12-36-33(40)37-29)28(34)9-6-24-19-26(44-32(24)43)18-23-4-7-25(8-5-23)39-16-14-38(3)15-17-39/h4-9,12-13,18-19,27-28,30-31,41-42H,10-11,14-17,20-22H2,1-3H3/b9-6+,26-18+/t27?,28?,30?,31-,34-,35+/m1/s1. The minimum atomic E-state index is -0.638. The molecule has 6 atom stereocenters. The van der Waals surface area contributed by atoms with Crippen LogP contribution in [0.4, 0.5) is 11.6 Å². The maximum atomic E-state index is 13.0. The van der Waals surface area contributed by atoms with Crippen molar-refractivity contribution in [3.63, 3.8) is 0 Å². The normalized spacial score (nSPS) is 34.8. The summed E-state index contributed by atoms with van der Waals surface area (Å²) >= 11 is 0. The third kappa shape index (κ3) is 4.95. The maximum absolute atomic E-state index is 13.0. The second-order valence-electron chi connectivity index (χ2n) is 13.9. The zero-order chi connectivity index (χ0) is 30.6. The van der Waals surface area contributed by atoms with Gasteiger partial charge in [0, 0.05) is 67.8 Å². The number of fused-ring (bicyclic) bond motifs is 3. The molecule has 232 valence electrons. The average Bonchev–Trinajstić information content (AvgIpc) is 3.63. The summed E-state index contributed by atoms with van der Waals surface area (Å²) in [5.74, 6) is 1.11. The first-order valence-corrected chi connectivity index (χ1v) is 15.9. The van der Waals surface area contributed by atoms with Crippen LogP contribution in [-0.4, -0.2) is 82.3 Å². The van der Waals surface area contributed by atoms with Crippen molar-refractivity contribution in [1.29, 1.82) is 0 Å². The lowest BCUT2D eigenvalue weighted by Crippen LogP contribution is -2.60. The van der Waals surface area contributed by atoms with Gasteiger partial charge in [0.2, 0.25) is 5.95 Å². The summed E-state index contributed by atoms with van der Waals surface area (Å²) in [6.07, 6.45) is 13.2. The van der Waals surface area contributed by atoms with Gasteiger partial charge < -0.3 is 29.3 Å². The molecule has 44 heavy (non-hydrogen) atoms. The number of benzene rings is 1. The van der Waals surface area contributed by atoms with E-state index in [1.165, 1.54) is 5.69 Å². The van der Waals surface area contributed by atoms with Crippen molar-refractivity contribution in [3.8, 4) is 0 Å². The summed E-state index contributed by atoms with van der Waals surface area (Å²) in [7, 11) is 2.16. The number of piperazine rings is 1. The van der Waals surface area contributed by atoms with E-state index in [2.05, 4.69) is 63.7 Å². The molecule has 2 aliphatic carbocycles. The summed E-state index contributed by atoms with van der Waals surface area (Å²) in [4.78, 5) is 27.2. The molecule has 2 saturated carbocycles. The third-order valence-electron chi connectivity index (χ3n) is 11.3. The molecule has 3 aliphatic heterocycles. The van der Waals surface area contributed by atoms with Gasteiger partial charge in [0.1, 0.15) is 5.76 Å². The van der Waals surface area contributed by atoms with Crippen molar-refractivity contribution >= 4 is 29.4 Å². The number of carbonyl (C=O) groups is 1. The number of likely N-dealkylation sites (N-methyl/N-ethyl adjacent to an activating group) is 1. The molecule has 7 rings (SSSR count). The molecule has 4 heterocycles. The first-order chi connectivity index (χ1) is 21.2. The number of aliphatic imine (C=N–C) groups is 1. The van der Waals surface area contributed by atoms with Crippen molar-refractivity contribution < 1.29 is 19.7 Å². The summed E-state index contributed by atoms with van der Waals surface area (Å²) in [6, 6.07) is 8.41. The van der Waals surface area contributed by atoms with Crippen LogP contribution in [0.1, 0.15) is 38.7 Å². The second-order valence-corrected chi connectivity index (χ2v) is 13.9. The Kier molecular flexibility index (Phi) is 7.38. The van der Waals surface area contributed by atoms with Gasteiger partial charge in [-0.25, -0.2) is 14.8 Å². The van der Waals surface area contributed by atoms with Crippen LogP contribution in [0.2, 0.25) is 0 Å². The van der Waals surface area contributed by atoms with E-state index in [1.807, 2.05) is 31.3 Å². The number of nitrogens with zero attached hydrogens (tertiary/aromatic N) is 5. The number of esters is 1. The van der Waals surface area contributed by atoms with E-state index in [1.54, 1.807) is 6.20 Å². The van der Waals surface area contributed by atoms with E-state index in [0.717, 1.165) is 56.8 Å².